The average Bonchev–Trinajstić information content (AvgIpc) is 2.46. The van der Waals surface area contributed by atoms with E-state index in [-0.39, 0.29) is 5.41 Å². The maximum Gasteiger partial charge on any atom is 0.159 e. The molecule has 1 N–H and O–H groups in total. The molecule has 0 fully saturated rings. The third-order valence-corrected chi connectivity index (χ3v) is 3.82. The molecular formula is C17H21N3. The van der Waals surface area contributed by atoms with Crippen molar-refractivity contribution < 1.29 is 0 Å². The summed E-state index contributed by atoms with van der Waals surface area (Å²) in [5.41, 5.74) is 5.03. The molecule has 0 bridgehead atoms. The number of hydrogen-bond acceptors (Lipinski definition) is 3. The third kappa shape index (κ3) is 2.59. The van der Waals surface area contributed by atoms with Crippen LogP contribution >= 0.6 is 0 Å². The summed E-state index contributed by atoms with van der Waals surface area (Å²) in [6, 6.07) is 8.62. The highest BCUT2D eigenvalue weighted by atomic mass is 14.9. The Labute approximate surface area is 120 Å². The fourth-order valence-electron chi connectivity index (χ4n) is 2.49. The second-order valence-electron chi connectivity index (χ2n) is 6.42. The highest BCUT2D eigenvalue weighted by molar-refractivity contribution is 5.56. The topological polar surface area (TPSA) is 37.8 Å². The molecule has 3 nitrogen and oxygen atoms in total. The predicted molar refractivity (Wildman–Crippen MR) is 81.6 cm³/mol. The zero-order chi connectivity index (χ0) is 14.2. The Hall–Kier alpha value is -1.74. The summed E-state index contributed by atoms with van der Waals surface area (Å²) < 4.78 is 0. The first-order valence-electron chi connectivity index (χ1n) is 7.20. The molecule has 0 saturated carbocycles. The lowest BCUT2D eigenvalue weighted by molar-refractivity contribution is 0.590. The van der Waals surface area contributed by atoms with Gasteiger partial charge in [0, 0.05) is 36.8 Å². The molecule has 0 unspecified atom stereocenters. The van der Waals surface area contributed by atoms with E-state index in [0.29, 0.717) is 0 Å². The van der Waals surface area contributed by atoms with E-state index in [2.05, 4.69) is 55.3 Å². The van der Waals surface area contributed by atoms with Crippen LogP contribution in [0.2, 0.25) is 0 Å². The van der Waals surface area contributed by atoms with Gasteiger partial charge in [0.15, 0.2) is 5.82 Å². The van der Waals surface area contributed by atoms with Crippen LogP contribution in [0.4, 0.5) is 0 Å². The molecule has 20 heavy (non-hydrogen) atoms. The number of benzene rings is 1. The van der Waals surface area contributed by atoms with Crippen molar-refractivity contribution in [1.29, 1.82) is 0 Å². The summed E-state index contributed by atoms with van der Waals surface area (Å²) in [5, 5.41) is 3.34. The van der Waals surface area contributed by atoms with Gasteiger partial charge in [0.1, 0.15) is 0 Å². The summed E-state index contributed by atoms with van der Waals surface area (Å²) in [6.45, 7) is 8.57. The van der Waals surface area contributed by atoms with Crippen molar-refractivity contribution in [2.45, 2.75) is 39.2 Å². The minimum Gasteiger partial charge on any atom is -0.312 e. The Morgan fingerprint density at radius 3 is 2.55 bits per heavy atom. The van der Waals surface area contributed by atoms with Gasteiger partial charge < -0.3 is 5.32 Å². The zero-order valence-corrected chi connectivity index (χ0v) is 12.4. The fourth-order valence-corrected chi connectivity index (χ4v) is 2.49. The highest BCUT2D eigenvalue weighted by Gasteiger charge is 2.15. The quantitative estimate of drug-likeness (QED) is 0.863. The minimum absolute atomic E-state index is 0.181. The van der Waals surface area contributed by atoms with Crippen LogP contribution in [-0.4, -0.2) is 16.5 Å². The summed E-state index contributed by atoms with van der Waals surface area (Å²) in [6.07, 6.45) is 2.95. The maximum absolute atomic E-state index is 4.72. The number of aromatic nitrogens is 2. The van der Waals surface area contributed by atoms with Gasteiger partial charge in [-0.25, -0.2) is 9.97 Å². The van der Waals surface area contributed by atoms with Gasteiger partial charge in [-0.05, 0) is 11.0 Å². The van der Waals surface area contributed by atoms with E-state index in [1.165, 1.54) is 16.8 Å². The van der Waals surface area contributed by atoms with Crippen LogP contribution in [0.25, 0.3) is 11.4 Å². The van der Waals surface area contributed by atoms with Crippen molar-refractivity contribution in [3.63, 3.8) is 0 Å². The maximum atomic E-state index is 4.72. The number of nitrogens with zero attached hydrogens (tertiary/aromatic N) is 2. The lowest BCUT2D eigenvalue weighted by atomic mass is 9.86. The molecule has 0 saturated heterocycles. The second-order valence-corrected chi connectivity index (χ2v) is 6.42. The van der Waals surface area contributed by atoms with E-state index in [0.717, 1.165) is 30.9 Å². The van der Waals surface area contributed by atoms with Gasteiger partial charge in [0.25, 0.3) is 0 Å². The Morgan fingerprint density at radius 2 is 1.85 bits per heavy atom. The Morgan fingerprint density at radius 1 is 1.10 bits per heavy atom. The predicted octanol–water partition coefficient (Wildman–Crippen LogP) is 3.09. The van der Waals surface area contributed by atoms with E-state index in [4.69, 9.17) is 4.98 Å². The van der Waals surface area contributed by atoms with E-state index >= 15 is 0 Å². The second kappa shape index (κ2) is 4.98. The molecule has 1 aliphatic heterocycles. The molecule has 0 amide bonds. The van der Waals surface area contributed by atoms with Crippen molar-refractivity contribution in [3.8, 4) is 11.4 Å². The fraction of sp³-hybridized carbons (Fsp3) is 0.412. The van der Waals surface area contributed by atoms with Gasteiger partial charge in [-0.15, -0.1) is 0 Å². The monoisotopic (exact) mass is 267 g/mol. The average molecular weight is 267 g/mol. The molecule has 1 aromatic heterocycles. The first kappa shape index (κ1) is 13.3. The molecule has 0 atom stereocenters. The smallest absolute Gasteiger partial charge is 0.159 e. The van der Waals surface area contributed by atoms with E-state index < -0.39 is 0 Å². The number of rotatable bonds is 1. The van der Waals surface area contributed by atoms with Crippen LogP contribution in [0.15, 0.2) is 30.5 Å². The molecule has 0 spiro atoms. The zero-order valence-electron chi connectivity index (χ0n) is 12.4. The first-order chi connectivity index (χ1) is 9.54. The SMILES string of the molecule is CC(C)(C)c1ccc(-c2ncc3c(n2)CCNC3)cc1. The number of nitrogens with one attached hydrogen (secondary N) is 1. The molecule has 3 heteroatoms. The van der Waals surface area contributed by atoms with E-state index in [9.17, 15) is 0 Å². The van der Waals surface area contributed by atoms with Gasteiger partial charge in [0.2, 0.25) is 0 Å². The van der Waals surface area contributed by atoms with E-state index in [1.807, 2.05) is 6.20 Å². The summed E-state index contributed by atoms with van der Waals surface area (Å²) in [7, 11) is 0. The molecule has 2 heterocycles. The largest absolute Gasteiger partial charge is 0.312 e. The van der Waals surface area contributed by atoms with Gasteiger partial charge >= 0.3 is 0 Å². The molecule has 0 radical (unpaired) electrons. The lowest BCUT2D eigenvalue weighted by Crippen LogP contribution is -2.24. The van der Waals surface area contributed by atoms with Gasteiger partial charge in [-0.3, -0.25) is 0 Å². The molecule has 1 aliphatic rings. The molecule has 1 aromatic carbocycles. The van der Waals surface area contributed by atoms with Gasteiger partial charge in [-0.2, -0.15) is 0 Å². The summed E-state index contributed by atoms with van der Waals surface area (Å²) in [4.78, 5) is 9.23. The highest BCUT2D eigenvalue weighted by Crippen LogP contribution is 2.25. The van der Waals surface area contributed by atoms with E-state index in [1.54, 1.807) is 0 Å². The normalized spacial score (nSPS) is 14.9. The van der Waals surface area contributed by atoms with Crippen LogP contribution in [0.1, 0.15) is 37.6 Å². The van der Waals surface area contributed by atoms with Crippen LogP contribution in [0.3, 0.4) is 0 Å². The van der Waals surface area contributed by atoms with Gasteiger partial charge in [-0.1, -0.05) is 45.0 Å². The van der Waals surface area contributed by atoms with Crippen molar-refractivity contribution in [2.24, 2.45) is 0 Å². The Kier molecular flexibility index (Phi) is 3.30. The van der Waals surface area contributed by atoms with Crippen molar-refractivity contribution in [2.75, 3.05) is 6.54 Å². The molecule has 0 aliphatic carbocycles. The van der Waals surface area contributed by atoms with Crippen molar-refractivity contribution in [1.82, 2.24) is 15.3 Å². The van der Waals surface area contributed by atoms with Crippen LogP contribution in [-0.2, 0) is 18.4 Å². The Balaban J connectivity index is 1.93. The molecule has 3 rings (SSSR count). The Bertz CT molecular complexity index is 609. The van der Waals surface area contributed by atoms with Gasteiger partial charge in [0.05, 0.1) is 5.69 Å². The van der Waals surface area contributed by atoms with Crippen molar-refractivity contribution in [3.05, 3.63) is 47.3 Å². The minimum atomic E-state index is 0.181. The van der Waals surface area contributed by atoms with Crippen LogP contribution in [0.5, 0.6) is 0 Å². The number of fused-ring (bicyclic) bond motifs is 1. The lowest BCUT2D eigenvalue weighted by Gasteiger charge is -2.19. The standard InChI is InChI=1S/C17H21N3/c1-17(2,3)14-6-4-12(5-7-14)16-19-11-13-10-18-9-8-15(13)20-16/h4-7,11,18H,8-10H2,1-3H3. The number of hydrogen-bond donors (Lipinski definition) is 1. The molecular weight excluding hydrogens is 246 g/mol. The van der Waals surface area contributed by atoms with Crippen molar-refractivity contribution >= 4 is 0 Å². The summed E-state index contributed by atoms with van der Waals surface area (Å²) in [5.74, 6) is 0.839. The van der Waals surface area contributed by atoms with Crippen LogP contribution < -0.4 is 5.32 Å². The third-order valence-electron chi connectivity index (χ3n) is 3.82. The molecule has 2 aromatic rings. The van der Waals surface area contributed by atoms with Crippen LogP contribution in [0, 0.1) is 0 Å². The first-order valence-corrected chi connectivity index (χ1v) is 7.20. The summed E-state index contributed by atoms with van der Waals surface area (Å²) >= 11 is 0. The molecule has 104 valence electrons.